The lowest BCUT2D eigenvalue weighted by Crippen LogP contribution is -2.50. The number of thiophene rings is 1. The second kappa shape index (κ2) is 5.77. The van der Waals surface area contributed by atoms with Crippen LogP contribution >= 0.6 is 11.3 Å². The summed E-state index contributed by atoms with van der Waals surface area (Å²) >= 11 is 1.31. The van der Waals surface area contributed by atoms with Crippen molar-refractivity contribution in [3.05, 3.63) is 17.0 Å². The van der Waals surface area contributed by atoms with Crippen molar-refractivity contribution in [1.29, 1.82) is 0 Å². The number of primary amides is 1. The summed E-state index contributed by atoms with van der Waals surface area (Å²) in [6, 6.07) is 1.76. The van der Waals surface area contributed by atoms with Crippen LogP contribution in [0, 0.1) is 17.3 Å². The summed E-state index contributed by atoms with van der Waals surface area (Å²) in [5.74, 6) is -0.426. The molecule has 0 radical (unpaired) electrons. The van der Waals surface area contributed by atoms with Gasteiger partial charge in [0, 0.05) is 12.0 Å². The molecule has 3 atom stereocenters. The maximum Gasteiger partial charge on any atom is 0.251 e. The molecular formula is C15H23N3O2S. The van der Waals surface area contributed by atoms with Gasteiger partial charge in [-0.25, -0.2) is 0 Å². The molecule has 1 aliphatic carbocycles. The number of carbonyl (C=O) groups excluding carboxylic acids is 2. The van der Waals surface area contributed by atoms with E-state index in [-0.39, 0.29) is 29.2 Å². The van der Waals surface area contributed by atoms with Gasteiger partial charge in [-0.15, -0.1) is 11.3 Å². The van der Waals surface area contributed by atoms with Crippen LogP contribution < -0.4 is 16.8 Å². The summed E-state index contributed by atoms with van der Waals surface area (Å²) in [6.07, 6.45) is 1.61. The molecule has 0 saturated heterocycles. The summed E-state index contributed by atoms with van der Waals surface area (Å²) in [7, 11) is 0. The summed E-state index contributed by atoms with van der Waals surface area (Å²) in [6.45, 7) is 6.28. The molecule has 2 amide bonds. The molecule has 1 aliphatic rings. The lowest BCUT2D eigenvalue weighted by atomic mass is 9.61. The Kier molecular flexibility index (Phi) is 4.39. The van der Waals surface area contributed by atoms with E-state index in [4.69, 9.17) is 11.5 Å². The van der Waals surface area contributed by atoms with Crippen LogP contribution in [0.4, 0.5) is 5.00 Å². The molecule has 1 aromatic rings. The number of hydrogen-bond acceptors (Lipinski definition) is 4. The summed E-state index contributed by atoms with van der Waals surface area (Å²) < 4.78 is 0. The molecule has 0 aromatic carbocycles. The normalized spacial score (nSPS) is 28.1. The average Bonchev–Trinajstić information content (AvgIpc) is 2.84. The van der Waals surface area contributed by atoms with Crippen molar-refractivity contribution in [3.63, 3.8) is 0 Å². The summed E-state index contributed by atoms with van der Waals surface area (Å²) in [5.41, 5.74) is 11.6. The van der Waals surface area contributed by atoms with E-state index in [2.05, 4.69) is 26.1 Å². The van der Waals surface area contributed by atoms with Gasteiger partial charge < -0.3 is 16.8 Å². The Morgan fingerprint density at radius 2 is 2.05 bits per heavy atom. The zero-order chi connectivity index (χ0) is 15.8. The topological polar surface area (TPSA) is 98.2 Å². The molecule has 5 N–H and O–H groups in total. The number of rotatable bonds is 3. The maximum atomic E-state index is 12.6. The van der Waals surface area contributed by atoms with Gasteiger partial charge in [-0.2, -0.15) is 0 Å². The molecule has 0 spiro atoms. The molecule has 3 unspecified atom stereocenters. The highest BCUT2D eigenvalue weighted by Crippen LogP contribution is 2.45. The van der Waals surface area contributed by atoms with E-state index in [1.54, 1.807) is 11.4 Å². The highest BCUT2D eigenvalue weighted by Gasteiger charge is 2.45. The molecule has 1 heterocycles. The van der Waals surface area contributed by atoms with Crippen molar-refractivity contribution in [2.45, 2.75) is 39.7 Å². The van der Waals surface area contributed by atoms with Gasteiger partial charge in [0.1, 0.15) is 5.00 Å². The van der Waals surface area contributed by atoms with E-state index >= 15 is 0 Å². The van der Waals surface area contributed by atoms with Gasteiger partial charge in [0.2, 0.25) is 5.91 Å². The van der Waals surface area contributed by atoms with E-state index in [9.17, 15) is 9.59 Å². The Balaban J connectivity index is 2.17. The SMILES string of the molecule is CC1C(N)CCC(C(=O)Nc2sccc2C(N)=O)C1(C)C. The van der Waals surface area contributed by atoms with Gasteiger partial charge in [-0.3, -0.25) is 9.59 Å². The fourth-order valence-electron chi connectivity index (χ4n) is 3.12. The fourth-order valence-corrected chi connectivity index (χ4v) is 3.91. The van der Waals surface area contributed by atoms with Crippen LogP contribution in [-0.2, 0) is 4.79 Å². The standard InChI is InChI=1S/C15H23N3O2S/c1-8-11(16)5-4-10(15(8,2)3)13(20)18-14-9(12(17)19)6-7-21-14/h6-8,10-11H,4-5,16H2,1-3H3,(H2,17,19)(H,18,20). The minimum absolute atomic E-state index is 0.0521. The lowest BCUT2D eigenvalue weighted by Gasteiger charge is -2.45. The van der Waals surface area contributed by atoms with Gasteiger partial charge >= 0.3 is 0 Å². The third-order valence-corrected chi connectivity index (χ3v) is 5.82. The van der Waals surface area contributed by atoms with Gasteiger partial charge in [0.05, 0.1) is 5.56 Å². The predicted molar refractivity (Wildman–Crippen MR) is 85.1 cm³/mol. The Morgan fingerprint density at radius 1 is 1.38 bits per heavy atom. The average molecular weight is 309 g/mol. The lowest BCUT2D eigenvalue weighted by molar-refractivity contribution is -0.127. The number of amides is 2. The van der Waals surface area contributed by atoms with Gasteiger partial charge in [0.15, 0.2) is 0 Å². The van der Waals surface area contributed by atoms with E-state index in [1.165, 1.54) is 11.3 Å². The van der Waals surface area contributed by atoms with Crippen molar-refractivity contribution < 1.29 is 9.59 Å². The van der Waals surface area contributed by atoms with Crippen molar-refractivity contribution in [2.24, 2.45) is 28.7 Å². The van der Waals surface area contributed by atoms with Crippen molar-refractivity contribution in [3.8, 4) is 0 Å². The molecule has 1 aromatic heterocycles. The number of anilines is 1. The first kappa shape index (κ1) is 16.0. The first-order chi connectivity index (χ1) is 9.75. The third kappa shape index (κ3) is 2.96. The van der Waals surface area contributed by atoms with Crippen LogP contribution in [-0.4, -0.2) is 17.9 Å². The van der Waals surface area contributed by atoms with Crippen molar-refractivity contribution in [1.82, 2.24) is 0 Å². The number of carbonyl (C=O) groups is 2. The van der Waals surface area contributed by atoms with Gasteiger partial charge in [0.25, 0.3) is 5.91 Å². The van der Waals surface area contributed by atoms with Crippen LogP contribution in [0.25, 0.3) is 0 Å². The van der Waals surface area contributed by atoms with Crippen molar-refractivity contribution in [2.75, 3.05) is 5.32 Å². The van der Waals surface area contributed by atoms with Crippen LogP contribution in [0.5, 0.6) is 0 Å². The molecule has 2 rings (SSSR count). The maximum absolute atomic E-state index is 12.6. The first-order valence-electron chi connectivity index (χ1n) is 7.19. The Morgan fingerprint density at radius 3 is 2.67 bits per heavy atom. The molecule has 116 valence electrons. The highest BCUT2D eigenvalue weighted by atomic mass is 32.1. The Bertz CT molecular complexity index is 553. The zero-order valence-corrected chi connectivity index (χ0v) is 13.5. The van der Waals surface area contributed by atoms with Crippen LogP contribution in [0.3, 0.4) is 0 Å². The van der Waals surface area contributed by atoms with E-state index in [0.29, 0.717) is 10.6 Å². The van der Waals surface area contributed by atoms with Crippen molar-refractivity contribution >= 4 is 28.2 Å². The van der Waals surface area contributed by atoms with Gasteiger partial charge in [-0.05, 0) is 35.6 Å². The van der Waals surface area contributed by atoms with Crippen LogP contribution in [0.15, 0.2) is 11.4 Å². The molecule has 21 heavy (non-hydrogen) atoms. The number of nitrogens with two attached hydrogens (primary N) is 2. The van der Waals surface area contributed by atoms with Crippen LogP contribution in [0.1, 0.15) is 44.0 Å². The minimum Gasteiger partial charge on any atom is -0.366 e. The monoisotopic (exact) mass is 309 g/mol. The third-order valence-electron chi connectivity index (χ3n) is 4.99. The Hall–Kier alpha value is -1.40. The number of hydrogen-bond donors (Lipinski definition) is 3. The second-order valence-electron chi connectivity index (χ2n) is 6.42. The smallest absolute Gasteiger partial charge is 0.251 e. The molecular weight excluding hydrogens is 286 g/mol. The molecule has 1 fully saturated rings. The molecule has 1 saturated carbocycles. The quantitative estimate of drug-likeness (QED) is 0.798. The first-order valence-corrected chi connectivity index (χ1v) is 8.06. The minimum atomic E-state index is -0.523. The van der Waals surface area contributed by atoms with E-state index in [0.717, 1.165) is 12.8 Å². The van der Waals surface area contributed by atoms with Crippen LogP contribution in [0.2, 0.25) is 0 Å². The molecule has 5 nitrogen and oxygen atoms in total. The predicted octanol–water partition coefficient (Wildman–Crippen LogP) is 2.19. The largest absolute Gasteiger partial charge is 0.366 e. The summed E-state index contributed by atoms with van der Waals surface area (Å²) in [5, 5.41) is 5.15. The van der Waals surface area contributed by atoms with Gasteiger partial charge in [-0.1, -0.05) is 20.8 Å². The summed E-state index contributed by atoms with van der Waals surface area (Å²) in [4.78, 5) is 23.9. The van der Waals surface area contributed by atoms with E-state index < -0.39 is 5.91 Å². The second-order valence-corrected chi connectivity index (χ2v) is 7.34. The molecule has 6 heteroatoms. The highest BCUT2D eigenvalue weighted by molar-refractivity contribution is 7.14. The molecule has 0 aliphatic heterocycles. The van der Waals surface area contributed by atoms with E-state index in [1.807, 2.05) is 0 Å². The zero-order valence-electron chi connectivity index (χ0n) is 12.7. The fraction of sp³-hybridized carbons (Fsp3) is 0.600. The Labute approximate surface area is 129 Å². The molecule has 0 bridgehead atoms. The number of nitrogens with one attached hydrogen (secondary N) is 1.